The minimum Gasteiger partial charge on any atom is -0.481 e. The minimum atomic E-state index is -0.815. The van der Waals surface area contributed by atoms with E-state index in [9.17, 15) is 14.0 Å². The summed E-state index contributed by atoms with van der Waals surface area (Å²) in [5.41, 5.74) is 0. The molecule has 2 atom stereocenters. The quantitative estimate of drug-likeness (QED) is 0.785. The molecule has 0 fully saturated rings. The van der Waals surface area contributed by atoms with Crippen molar-refractivity contribution < 1.29 is 23.5 Å². The number of carbonyl (C=O) groups excluding carboxylic acids is 2. The average molecular weight is 311 g/mol. The van der Waals surface area contributed by atoms with Crippen molar-refractivity contribution in [1.29, 1.82) is 0 Å². The first-order valence-corrected chi connectivity index (χ1v) is 7.14. The lowest BCUT2D eigenvalue weighted by Crippen LogP contribution is -2.47. The third-order valence-corrected chi connectivity index (χ3v) is 3.01. The Morgan fingerprint density at radius 3 is 2.27 bits per heavy atom. The van der Waals surface area contributed by atoms with Gasteiger partial charge in [-0.25, -0.2) is 9.18 Å². The molecule has 1 aromatic rings. The Balaban J connectivity index is 2.64. The van der Waals surface area contributed by atoms with Gasteiger partial charge in [-0.3, -0.25) is 4.79 Å². The van der Waals surface area contributed by atoms with Gasteiger partial charge in [-0.05, 0) is 43.5 Å². The summed E-state index contributed by atoms with van der Waals surface area (Å²) in [5, 5.41) is 2.62. The van der Waals surface area contributed by atoms with Gasteiger partial charge in [0.05, 0.1) is 7.11 Å². The van der Waals surface area contributed by atoms with E-state index < -0.39 is 24.0 Å². The van der Waals surface area contributed by atoms with E-state index in [1.165, 1.54) is 31.4 Å². The fourth-order valence-electron chi connectivity index (χ4n) is 1.89. The van der Waals surface area contributed by atoms with E-state index in [-0.39, 0.29) is 11.7 Å². The fraction of sp³-hybridized carbons (Fsp3) is 0.500. The summed E-state index contributed by atoms with van der Waals surface area (Å²) >= 11 is 0. The highest BCUT2D eigenvalue weighted by atomic mass is 19.1. The molecule has 0 aromatic heterocycles. The number of hydrogen-bond donors (Lipinski definition) is 1. The van der Waals surface area contributed by atoms with E-state index in [1.807, 2.05) is 13.8 Å². The second-order valence-electron chi connectivity index (χ2n) is 5.43. The van der Waals surface area contributed by atoms with Crippen LogP contribution in [0.3, 0.4) is 0 Å². The first kappa shape index (κ1) is 17.9. The number of hydrogen-bond acceptors (Lipinski definition) is 4. The van der Waals surface area contributed by atoms with Crippen molar-refractivity contribution in [2.75, 3.05) is 7.11 Å². The predicted octanol–water partition coefficient (Wildman–Crippen LogP) is 2.30. The first-order valence-electron chi connectivity index (χ1n) is 7.14. The molecular weight excluding hydrogens is 289 g/mol. The molecule has 0 saturated carbocycles. The molecule has 1 amide bonds. The van der Waals surface area contributed by atoms with Crippen LogP contribution < -0.4 is 10.1 Å². The van der Waals surface area contributed by atoms with Crippen LogP contribution in [0.25, 0.3) is 0 Å². The summed E-state index contributed by atoms with van der Waals surface area (Å²) in [6.45, 7) is 5.45. The summed E-state index contributed by atoms with van der Waals surface area (Å²) in [6, 6.07) is 4.65. The molecule has 0 aliphatic carbocycles. The van der Waals surface area contributed by atoms with Gasteiger partial charge in [-0.2, -0.15) is 0 Å². The summed E-state index contributed by atoms with van der Waals surface area (Å²) in [6.07, 6.45) is -0.341. The molecule has 2 unspecified atom stereocenters. The van der Waals surface area contributed by atoms with Gasteiger partial charge in [-0.1, -0.05) is 13.8 Å². The van der Waals surface area contributed by atoms with Gasteiger partial charge in [0.2, 0.25) is 0 Å². The van der Waals surface area contributed by atoms with E-state index in [4.69, 9.17) is 4.74 Å². The molecule has 0 aliphatic rings. The van der Waals surface area contributed by atoms with Crippen LogP contribution in [0, 0.1) is 11.7 Å². The Labute approximate surface area is 129 Å². The number of benzene rings is 1. The van der Waals surface area contributed by atoms with Crippen molar-refractivity contribution in [3.63, 3.8) is 0 Å². The molecular formula is C16H22FNO4. The van der Waals surface area contributed by atoms with Gasteiger partial charge < -0.3 is 14.8 Å². The van der Waals surface area contributed by atoms with Gasteiger partial charge in [-0.15, -0.1) is 0 Å². The van der Waals surface area contributed by atoms with Gasteiger partial charge in [0, 0.05) is 0 Å². The van der Waals surface area contributed by atoms with Crippen molar-refractivity contribution in [2.45, 2.75) is 39.3 Å². The smallest absolute Gasteiger partial charge is 0.328 e. The molecule has 0 bridgehead atoms. The Kier molecular flexibility index (Phi) is 6.82. The van der Waals surface area contributed by atoms with E-state index >= 15 is 0 Å². The lowest BCUT2D eigenvalue weighted by molar-refractivity contribution is -0.146. The van der Waals surface area contributed by atoms with Crippen LogP contribution in [0.2, 0.25) is 0 Å². The number of rotatable bonds is 7. The predicted molar refractivity (Wildman–Crippen MR) is 79.9 cm³/mol. The molecule has 0 radical (unpaired) electrons. The van der Waals surface area contributed by atoms with E-state index in [1.54, 1.807) is 6.92 Å². The normalized spacial score (nSPS) is 13.4. The largest absolute Gasteiger partial charge is 0.481 e. The summed E-state index contributed by atoms with van der Waals surface area (Å²) < 4.78 is 22.9. The number of halogens is 1. The Bertz CT molecular complexity index is 501. The van der Waals surface area contributed by atoms with E-state index in [0.29, 0.717) is 12.2 Å². The van der Waals surface area contributed by atoms with Crippen LogP contribution in [0.15, 0.2) is 24.3 Å². The van der Waals surface area contributed by atoms with Crippen molar-refractivity contribution in [3.8, 4) is 5.75 Å². The number of esters is 1. The molecule has 1 N–H and O–H groups in total. The second-order valence-corrected chi connectivity index (χ2v) is 5.43. The van der Waals surface area contributed by atoms with Crippen LogP contribution in [-0.4, -0.2) is 31.1 Å². The van der Waals surface area contributed by atoms with Crippen molar-refractivity contribution in [1.82, 2.24) is 5.32 Å². The average Bonchev–Trinajstić information content (AvgIpc) is 2.47. The van der Waals surface area contributed by atoms with Gasteiger partial charge in [0.1, 0.15) is 17.6 Å². The lowest BCUT2D eigenvalue weighted by atomic mass is 10.0. The number of ether oxygens (including phenoxy) is 2. The van der Waals surface area contributed by atoms with Crippen LogP contribution in [-0.2, 0) is 14.3 Å². The highest BCUT2D eigenvalue weighted by molar-refractivity contribution is 5.86. The number of amides is 1. The highest BCUT2D eigenvalue weighted by Crippen LogP contribution is 2.13. The summed E-state index contributed by atoms with van der Waals surface area (Å²) in [4.78, 5) is 23.8. The van der Waals surface area contributed by atoms with Crippen LogP contribution in [0.1, 0.15) is 27.2 Å². The molecule has 0 heterocycles. The zero-order valence-corrected chi connectivity index (χ0v) is 13.3. The van der Waals surface area contributed by atoms with Gasteiger partial charge in [0.15, 0.2) is 6.10 Å². The zero-order valence-electron chi connectivity index (χ0n) is 13.3. The molecule has 6 heteroatoms. The standard InChI is InChI=1S/C16H22FNO4/c1-10(2)9-14(16(20)21-4)18-15(19)11(3)22-13-7-5-12(17)6-8-13/h5-8,10-11,14H,9H2,1-4H3,(H,18,19). The molecule has 122 valence electrons. The molecule has 1 aromatic carbocycles. The van der Waals surface area contributed by atoms with Gasteiger partial charge in [0.25, 0.3) is 5.91 Å². The molecule has 0 spiro atoms. The maximum atomic E-state index is 12.8. The number of carbonyl (C=O) groups is 2. The summed E-state index contributed by atoms with van der Waals surface area (Å²) in [7, 11) is 1.28. The van der Waals surface area contributed by atoms with Crippen molar-refractivity contribution in [3.05, 3.63) is 30.1 Å². The molecule has 0 saturated heterocycles. The van der Waals surface area contributed by atoms with Crippen LogP contribution in [0.5, 0.6) is 5.75 Å². The molecule has 22 heavy (non-hydrogen) atoms. The van der Waals surface area contributed by atoms with E-state index in [0.717, 1.165) is 0 Å². The third kappa shape index (κ3) is 5.71. The zero-order chi connectivity index (χ0) is 16.7. The van der Waals surface area contributed by atoms with Gasteiger partial charge >= 0.3 is 5.97 Å². The van der Waals surface area contributed by atoms with Crippen molar-refractivity contribution >= 4 is 11.9 Å². The Morgan fingerprint density at radius 2 is 1.77 bits per heavy atom. The Hall–Kier alpha value is -2.11. The maximum absolute atomic E-state index is 12.8. The fourth-order valence-corrected chi connectivity index (χ4v) is 1.89. The van der Waals surface area contributed by atoms with Crippen molar-refractivity contribution in [2.24, 2.45) is 5.92 Å². The highest BCUT2D eigenvalue weighted by Gasteiger charge is 2.25. The Morgan fingerprint density at radius 1 is 1.18 bits per heavy atom. The maximum Gasteiger partial charge on any atom is 0.328 e. The monoisotopic (exact) mass is 311 g/mol. The lowest BCUT2D eigenvalue weighted by Gasteiger charge is -2.21. The first-order chi connectivity index (χ1) is 10.3. The second kappa shape index (κ2) is 8.36. The number of methoxy groups -OCH3 is 1. The van der Waals surface area contributed by atoms with Crippen LogP contribution >= 0.6 is 0 Å². The van der Waals surface area contributed by atoms with Crippen LogP contribution in [0.4, 0.5) is 4.39 Å². The van der Waals surface area contributed by atoms with E-state index in [2.05, 4.69) is 10.1 Å². The molecule has 5 nitrogen and oxygen atoms in total. The molecule has 0 aliphatic heterocycles. The topological polar surface area (TPSA) is 64.6 Å². The summed E-state index contributed by atoms with van der Waals surface area (Å²) in [5.74, 6) is -0.705. The number of nitrogens with one attached hydrogen (secondary N) is 1. The third-order valence-electron chi connectivity index (χ3n) is 3.01. The minimum absolute atomic E-state index is 0.220. The SMILES string of the molecule is COC(=O)C(CC(C)C)NC(=O)C(C)Oc1ccc(F)cc1. The molecule has 1 rings (SSSR count).